The van der Waals surface area contributed by atoms with Gasteiger partial charge < -0.3 is 4.98 Å². The lowest BCUT2D eigenvalue weighted by molar-refractivity contribution is -0.121. The van der Waals surface area contributed by atoms with Gasteiger partial charge >= 0.3 is 0 Å². The first-order chi connectivity index (χ1) is 13.9. The molecule has 0 aliphatic heterocycles. The number of pyridine rings is 1. The van der Waals surface area contributed by atoms with Crippen LogP contribution in [0.5, 0.6) is 0 Å². The summed E-state index contributed by atoms with van der Waals surface area (Å²) in [5.74, 6) is -0.719. The Morgan fingerprint density at radius 1 is 1.21 bits per heavy atom. The van der Waals surface area contributed by atoms with E-state index in [-0.39, 0.29) is 18.4 Å². The first kappa shape index (κ1) is 18.7. The van der Waals surface area contributed by atoms with Gasteiger partial charge in [-0.2, -0.15) is 5.10 Å². The summed E-state index contributed by atoms with van der Waals surface area (Å²) in [6.45, 7) is 5.81. The van der Waals surface area contributed by atoms with Crippen LogP contribution in [0, 0.1) is 6.92 Å². The zero-order chi connectivity index (χ0) is 20.5. The molecule has 8 heteroatoms. The number of benzene rings is 1. The summed E-state index contributed by atoms with van der Waals surface area (Å²) in [6.07, 6.45) is 3.65. The van der Waals surface area contributed by atoms with Gasteiger partial charge in [0.25, 0.3) is 5.91 Å². The molecule has 3 N–H and O–H groups in total. The summed E-state index contributed by atoms with van der Waals surface area (Å²) >= 11 is 0. The van der Waals surface area contributed by atoms with Gasteiger partial charge in [-0.3, -0.25) is 20.4 Å². The Bertz CT molecular complexity index is 1220. The standard InChI is InChI=1S/C21H22N6O2/c1-12(2)27-20-15(11-23-27)8-17(13(3)24-20)21(29)26-25-19(28)9-14-10-22-18-7-5-4-6-16(14)18/h4-8,10-12,22H,9H2,1-3H3,(H,25,28)(H,26,29). The van der Waals surface area contributed by atoms with E-state index in [1.165, 1.54) is 0 Å². The zero-order valence-electron chi connectivity index (χ0n) is 16.5. The van der Waals surface area contributed by atoms with Crippen molar-refractivity contribution in [2.45, 2.75) is 33.2 Å². The molecular weight excluding hydrogens is 368 g/mol. The number of amides is 2. The van der Waals surface area contributed by atoms with Crippen molar-refractivity contribution < 1.29 is 9.59 Å². The number of aromatic nitrogens is 4. The van der Waals surface area contributed by atoms with E-state index in [9.17, 15) is 9.59 Å². The molecule has 0 bridgehead atoms. The molecule has 29 heavy (non-hydrogen) atoms. The third kappa shape index (κ3) is 3.56. The Labute approximate surface area is 167 Å². The number of aryl methyl sites for hydroxylation is 1. The largest absolute Gasteiger partial charge is 0.361 e. The van der Waals surface area contributed by atoms with E-state index in [1.54, 1.807) is 25.4 Å². The normalized spacial score (nSPS) is 11.3. The summed E-state index contributed by atoms with van der Waals surface area (Å²) in [5.41, 5.74) is 8.50. The lowest BCUT2D eigenvalue weighted by Gasteiger charge is -2.10. The van der Waals surface area contributed by atoms with Gasteiger partial charge in [0.2, 0.25) is 5.91 Å². The van der Waals surface area contributed by atoms with Crippen molar-refractivity contribution in [2.75, 3.05) is 0 Å². The Hall–Kier alpha value is -3.68. The van der Waals surface area contributed by atoms with Crippen molar-refractivity contribution >= 4 is 33.8 Å². The Balaban J connectivity index is 1.45. The molecule has 3 heterocycles. The van der Waals surface area contributed by atoms with Crippen LogP contribution in [0.2, 0.25) is 0 Å². The van der Waals surface area contributed by atoms with Crippen molar-refractivity contribution in [3.8, 4) is 0 Å². The van der Waals surface area contributed by atoms with Crippen LogP contribution in [0.1, 0.15) is 41.5 Å². The molecule has 3 aromatic heterocycles. The number of carbonyl (C=O) groups excluding carboxylic acids is 2. The average molecular weight is 390 g/mol. The van der Waals surface area contributed by atoms with Crippen LogP contribution in [-0.4, -0.2) is 31.6 Å². The fourth-order valence-corrected chi connectivity index (χ4v) is 3.36. The van der Waals surface area contributed by atoms with E-state index in [0.29, 0.717) is 11.3 Å². The van der Waals surface area contributed by atoms with Gasteiger partial charge in [0.1, 0.15) is 0 Å². The number of aromatic amines is 1. The second kappa shape index (κ2) is 7.38. The smallest absolute Gasteiger partial charge is 0.271 e. The molecule has 1 aromatic carbocycles. The van der Waals surface area contributed by atoms with Crippen LogP contribution in [0.4, 0.5) is 0 Å². The predicted molar refractivity (Wildman–Crippen MR) is 110 cm³/mol. The number of carbonyl (C=O) groups is 2. The van der Waals surface area contributed by atoms with E-state index in [0.717, 1.165) is 27.5 Å². The predicted octanol–water partition coefficient (Wildman–Crippen LogP) is 2.81. The molecule has 4 rings (SSSR count). The highest BCUT2D eigenvalue weighted by Crippen LogP contribution is 2.20. The van der Waals surface area contributed by atoms with Crippen LogP contribution in [0.15, 0.2) is 42.7 Å². The topological polar surface area (TPSA) is 105 Å². The number of nitrogens with one attached hydrogen (secondary N) is 3. The van der Waals surface area contributed by atoms with Crippen molar-refractivity contribution in [1.29, 1.82) is 0 Å². The third-order valence-electron chi connectivity index (χ3n) is 4.83. The summed E-state index contributed by atoms with van der Waals surface area (Å²) in [4.78, 5) is 32.5. The van der Waals surface area contributed by atoms with Crippen LogP contribution >= 0.6 is 0 Å². The number of rotatable bonds is 4. The van der Waals surface area contributed by atoms with Gasteiger partial charge in [0, 0.05) is 28.5 Å². The van der Waals surface area contributed by atoms with Gasteiger partial charge in [0.05, 0.1) is 23.9 Å². The van der Waals surface area contributed by atoms with Crippen molar-refractivity contribution in [3.05, 3.63) is 59.5 Å². The van der Waals surface area contributed by atoms with Gasteiger partial charge in [-0.15, -0.1) is 0 Å². The van der Waals surface area contributed by atoms with Crippen molar-refractivity contribution in [2.24, 2.45) is 0 Å². The highest BCUT2D eigenvalue weighted by atomic mass is 16.2. The second-order valence-electron chi connectivity index (χ2n) is 7.26. The molecule has 0 aliphatic rings. The number of nitrogens with zero attached hydrogens (tertiary/aromatic N) is 3. The molecule has 0 spiro atoms. The summed E-state index contributed by atoms with van der Waals surface area (Å²) < 4.78 is 1.81. The maximum absolute atomic E-state index is 12.6. The maximum Gasteiger partial charge on any atom is 0.271 e. The SMILES string of the molecule is Cc1nc2c(cnn2C(C)C)cc1C(=O)NNC(=O)Cc1c[nH]c2ccccc12. The molecule has 0 saturated heterocycles. The van der Waals surface area contributed by atoms with Gasteiger partial charge in [0.15, 0.2) is 5.65 Å². The Morgan fingerprint density at radius 3 is 2.79 bits per heavy atom. The first-order valence-corrected chi connectivity index (χ1v) is 9.43. The molecule has 148 valence electrons. The number of para-hydroxylation sites is 1. The molecule has 8 nitrogen and oxygen atoms in total. The minimum absolute atomic E-state index is 0.154. The molecule has 0 fully saturated rings. The second-order valence-corrected chi connectivity index (χ2v) is 7.26. The highest BCUT2D eigenvalue weighted by Gasteiger charge is 2.16. The molecule has 2 amide bonds. The molecular formula is C21H22N6O2. The van der Waals surface area contributed by atoms with Gasteiger partial charge in [-0.1, -0.05) is 18.2 Å². The number of hydrazine groups is 1. The maximum atomic E-state index is 12.6. The van der Waals surface area contributed by atoms with E-state index in [1.807, 2.05) is 42.8 Å². The number of fused-ring (bicyclic) bond motifs is 2. The van der Waals surface area contributed by atoms with Crippen molar-refractivity contribution in [3.63, 3.8) is 0 Å². The fraction of sp³-hybridized carbons (Fsp3) is 0.238. The van der Waals surface area contributed by atoms with E-state index < -0.39 is 5.91 Å². The van der Waals surface area contributed by atoms with E-state index in [4.69, 9.17) is 0 Å². The molecule has 4 aromatic rings. The number of hydrogen-bond donors (Lipinski definition) is 3. The monoisotopic (exact) mass is 390 g/mol. The summed E-state index contributed by atoms with van der Waals surface area (Å²) in [6, 6.07) is 9.67. The fourth-order valence-electron chi connectivity index (χ4n) is 3.36. The van der Waals surface area contributed by atoms with E-state index in [2.05, 4.69) is 25.9 Å². The van der Waals surface area contributed by atoms with Crippen LogP contribution in [0.25, 0.3) is 21.9 Å². The lowest BCUT2D eigenvalue weighted by atomic mass is 10.1. The van der Waals surface area contributed by atoms with Gasteiger partial charge in [-0.05, 0) is 38.5 Å². The zero-order valence-corrected chi connectivity index (χ0v) is 16.5. The summed E-state index contributed by atoms with van der Waals surface area (Å²) in [5, 5.41) is 6.09. The Morgan fingerprint density at radius 2 is 2.00 bits per heavy atom. The number of H-pyrrole nitrogens is 1. The van der Waals surface area contributed by atoms with Crippen LogP contribution in [-0.2, 0) is 11.2 Å². The van der Waals surface area contributed by atoms with Crippen LogP contribution < -0.4 is 10.9 Å². The number of hydrogen-bond acceptors (Lipinski definition) is 4. The van der Waals surface area contributed by atoms with E-state index >= 15 is 0 Å². The minimum Gasteiger partial charge on any atom is -0.361 e. The summed E-state index contributed by atoms with van der Waals surface area (Å²) in [7, 11) is 0. The first-order valence-electron chi connectivity index (χ1n) is 9.43. The molecule has 0 aliphatic carbocycles. The van der Waals surface area contributed by atoms with Gasteiger partial charge in [-0.25, -0.2) is 9.67 Å². The highest BCUT2D eigenvalue weighted by molar-refractivity contribution is 5.99. The molecule has 0 radical (unpaired) electrons. The minimum atomic E-state index is -0.415. The molecule has 0 unspecified atom stereocenters. The quantitative estimate of drug-likeness (QED) is 0.466. The average Bonchev–Trinajstić information content (AvgIpc) is 3.29. The van der Waals surface area contributed by atoms with Crippen molar-refractivity contribution in [1.82, 2.24) is 30.6 Å². The molecule has 0 atom stereocenters. The molecule has 0 saturated carbocycles. The Kier molecular flexibility index (Phi) is 4.75. The van der Waals surface area contributed by atoms with Crippen LogP contribution in [0.3, 0.4) is 0 Å². The third-order valence-corrected chi connectivity index (χ3v) is 4.83. The lowest BCUT2D eigenvalue weighted by Crippen LogP contribution is -2.42.